The van der Waals surface area contributed by atoms with Crippen molar-refractivity contribution in [3.63, 3.8) is 0 Å². The number of nitrogens with two attached hydrogens (primary N) is 1. The van der Waals surface area contributed by atoms with Crippen molar-refractivity contribution in [3.05, 3.63) is 98.6 Å². The Balaban J connectivity index is 1.58. The zero-order valence-corrected chi connectivity index (χ0v) is 22.7. The van der Waals surface area contributed by atoms with E-state index < -0.39 is 5.92 Å². The number of halogens is 1. The highest BCUT2D eigenvalue weighted by molar-refractivity contribution is 9.10. The number of nitriles is 1. The molecule has 5 rings (SSSR count). The minimum atomic E-state index is -0.692. The van der Waals surface area contributed by atoms with E-state index in [9.17, 15) is 14.9 Å². The molecule has 0 fully saturated rings. The second kappa shape index (κ2) is 10.3. The second-order valence-corrected chi connectivity index (χ2v) is 10.2. The number of esters is 1. The average Bonchev–Trinajstić information content (AvgIpc) is 3.39. The van der Waals surface area contributed by atoms with Crippen LogP contribution in [0.15, 0.2) is 86.2 Å². The number of hydrogen-bond acceptors (Lipinski definition) is 7. The van der Waals surface area contributed by atoms with Crippen molar-refractivity contribution in [2.75, 3.05) is 11.5 Å². The lowest BCUT2D eigenvalue weighted by molar-refractivity contribution is -0.116. The van der Waals surface area contributed by atoms with Crippen LogP contribution in [0.3, 0.4) is 0 Å². The van der Waals surface area contributed by atoms with Crippen LogP contribution in [0.4, 0.5) is 5.69 Å². The molecular weight excluding hydrogens is 546 g/mol. The normalized spacial score (nSPS) is 17.4. The van der Waals surface area contributed by atoms with E-state index in [1.165, 1.54) is 0 Å². The summed E-state index contributed by atoms with van der Waals surface area (Å²) in [7, 11) is 0. The number of allylic oxidation sites excluding steroid dienone is 3. The number of carbonyl (C=O) groups excluding carboxylic acids is 2. The number of benzene rings is 2. The predicted molar refractivity (Wildman–Crippen MR) is 147 cm³/mol. The minimum Gasteiger partial charge on any atom is -0.462 e. The molecule has 0 spiro atoms. The molecule has 2 aromatic carbocycles. The maximum absolute atomic E-state index is 13.4. The number of Topliss-reactive ketones (excluding diaryl/α,β-unsaturated/α-hetero) is 1. The fourth-order valence-electron chi connectivity index (χ4n) is 5.16. The van der Waals surface area contributed by atoms with Crippen molar-refractivity contribution >= 4 is 33.4 Å². The Labute approximate surface area is 229 Å². The van der Waals surface area contributed by atoms with Crippen LogP contribution in [0.5, 0.6) is 0 Å². The molecule has 0 bridgehead atoms. The number of carbonyl (C=O) groups is 2. The highest BCUT2D eigenvalue weighted by atomic mass is 79.9. The van der Waals surface area contributed by atoms with Gasteiger partial charge in [0.15, 0.2) is 5.78 Å². The summed E-state index contributed by atoms with van der Waals surface area (Å²) in [4.78, 5) is 27.2. The molecule has 0 amide bonds. The van der Waals surface area contributed by atoms with Crippen molar-refractivity contribution in [2.45, 2.75) is 39.0 Å². The number of furan rings is 1. The van der Waals surface area contributed by atoms with E-state index in [-0.39, 0.29) is 17.3 Å². The van der Waals surface area contributed by atoms with Gasteiger partial charge in [-0.2, -0.15) is 5.26 Å². The summed E-state index contributed by atoms with van der Waals surface area (Å²) in [5.41, 5.74) is 11.3. The van der Waals surface area contributed by atoms with Gasteiger partial charge in [0.05, 0.1) is 35.4 Å². The molecular formula is C30H26BrN3O4. The van der Waals surface area contributed by atoms with E-state index in [0.717, 1.165) is 27.0 Å². The van der Waals surface area contributed by atoms with E-state index in [2.05, 4.69) is 22.0 Å². The second-order valence-electron chi connectivity index (χ2n) is 9.25. The van der Waals surface area contributed by atoms with Crippen LogP contribution >= 0.6 is 15.9 Å². The number of ether oxygens (including phenoxy) is 1. The molecule has 0 unspecified atom stereocenters. The summed E-state index contributed by atoms with van der Waals surface area (Å²) in [6.07, 6.45) is 1.78. The molecule has 8 heteroatoms. The molecule has 1 aliphatic heterocycles. The molecule has 7 nitrogen and oxygen atoms in total. The minimum absolute atomic E-state index is 0.00648. The topological polar surface area (TPSA) is 110 Å². The van der Waals surface area contributed by atoms with Crippen LogP contribution in [0, 0.1) is 18.3 Å². The van der Waals surface area contributed by atoms with Gasteiger partial charge in [0.25, 0.3) is 0 Å². The lowest BCUT2D eigenvalue weighted by Gasteiger charge is -2.39. The summed E-state index contributed by atoms with van der Waals surface area (Å²) in [6.45, 7) is 4.04. The highest BCUT2D eigenvalue weighted by Crippen LogP contribution is 2.47. The Bertz CT molecular complexity index is 1540. The quantitative estimate of drug-likeness (QED) is 0.348. The zero-order valence-electron chi connectivity index (χ0n) is 21.1. The Kier molecular flexibility index (Phi) is 6.96. The van der Waals surface area contributed by atoms with Gasteiger partial charge in [-0.25, -0.2) is 4.79 Å². The standard InChI is InChI=1S/C30H26BrN3O4/c1-3-37-30(36)19-9-7-18(8-10-19)25-13-14-26(38-25)27-21(16-32)29(33)34(22-12-11-20(31)15-17(22)2)23-5-4-6-24(35)28(23)27/h7-15,27H,3-6,33H2,1-2H3/t27-/m0/s1. The average molecular weight is 572 g/mol. The molecule has 2 N–H and O–H groups in total. The highest BCUT2D eigenvalue weighted by Gasteiger charge is 2.42. The number of anilines is 1. The van der Waals surface area contributed by atoms with E-state index in [1.807, 2.05) is 30.0 Å². The van der Waals surface area contributed by atoms with Crippen molar-refractivity contribution < 1.29 is 18.7 Å². The molecule has 38 heavy (non-hydrogen) atoms. The fraction of sp³-hybridized carbons (Fsp3) is 0.233. The molecule has 0 saturated carbocycles. The van der Waals surface area contributed by atoms with Gasteiger partial charge in [0.1, 0.15) is 17.3 Å². The summed E-state index contributed by atoms with van der Waals surface area (Å²) in [5.74, 6) is 0.247. The van der Waals surface area contributed by atoms with E-state index in [4.69, 9.17) is 14.9 Å². The fourth-order valence-corrected chi connectivity index (χ4v) is 5.64. The number of hydrogen-bond donors (Lipinski definition) is 1. The van der Waals surface area contributed by atoms with Crippen LogP contribution in [0.1, 0.15) is 53.8 Å². The smallest absolute Gasteiger partial charge is 0.338 e. The Morgan fingerprint density at radius 1 is 1.18 bits per heavy atom. The van der Waals surface area contributed by atoms with Crippen LogP contribution in [-0.2, 0) is 9.53 Å². The zero-order chi connectivity index (χ0) is 27.0. The third-order valence-electron chi connectivity index (χ3n) is 6.90. The van der Waals surface area contributed by atoms with E-state index in [1.54, 1.807) is 43.3 Å². The first-order valence-electron chi connectivity index (χ1n) is 12.4. The van der Waals surface area contributed by atoms with Gasteiger partial charge in [-0.05, 0) is 74.7 Å². The van der Waals surface area contributed by atoms with Gasteiger partial charge in [-0.15, -0.1) is 0 Å². The van der Waals surface area contributed by atoms with Crippen molar-refractivity contribution in [1.29, 1.82) is 5.26 Å². The Hall–Kier alpha value is -4.09. The van der Waals surface area contributed by atoms with Crippen LogP contribution in [-0.4, -0.2) is 18.4 Å². The number of rotatable bonds is 5. The summed E-state index contributed by atoms with van der Waals surface area (Å²) in [5, 5.41) is 10.3. The van der Waals surface area contributed by atoms with Crippen molar-refractivity contribution in [1.82, 2.24) is 0 Å². The number of aryl methyl sites for hydroxylation is 1. The van der Waals surface area contributed by atoms with Crippen LogP contribution in [0.25, 0.3) is 11.3 Å². The van der Waals surface area contributed by atoms with Crippen LogP contribution < -0.4 is 10.6 Å². The van der Waals surface area contributed by atoms with Gasteiger partial charge in [0.2, 0.25) is 0 Å². The summed E-state index contributed by atoms with van der Waals surface area (Å²) >= 11 is 3.50. The van der Waals surface area contributed by atoms with E-state index >= 15 is 0 Å². The summed E-state index contributed by atoms with van der Waals surface area (Å²) in [6, 6.07) is 18.6. The van der Waals surface area contributed by atoms with Crippen LogP contribution in [0.2, 0.25) is 0 Å². The third-order valence-corrected chi connectivity index (χ3v) is 7.40. The van der Waals surface area contributed by atoms with Gasteiger partial charge in [0, 0.05) is 27.7 Å². The molecule has 2 aliphatic rings. The maximum Gasteiger partial charge on any atom is 0.338 e. The molecule has 1 aromatic heterocycles. The van der Waals surface area contributed by atoms with Gasteiger partial charge in [-0.1, -0.05) is 28.1 Å². The predicted octanol–water partition coefficient (Wildman–Crippen LogP) is 6.50. The Morgan fingerprint density at radius 2 is 1.95 bits per heavy atom. The molecule has 1 atom stereocenters. The molecule has 3 aromatic rings. The van der Waals surface area contributed by atoms with Gasteiger partial charge >= 0.3 is 5.97 Å². The van der Waals surface area contributed by atoms with E-state index in [0.29, 0.717) is 54.3 Å². The monoisotopic (exact) mass is 571 g/mol. The largest absolute Gasteiger partial charge is 0.462 e. The van der Waals surface area contributed by atoms with Crippen molar-refractivity contribution in [3.8, 4) is 17.4 Å². The SMILES string of the molecule is CCOC(=O)c1ccc(-c2ccc([C@@H]3C(C#N)=C(N)N(c4ccc(Br)cc4C)C4=C3C(=O)CCC4)o2)cc1. The molecule has 0 saturated heterocycles. The Morgan fingerprint density at radius 3 is 2.63 bits per heavy atom. The number of nitrogens with zero attached hydrogens (tertiary/aromatic N) is 2. The molecule has 192 valence electrons. The maximum atomic E-state index is 13.4. The first-order chi connectivity index (χ1) is 18.3. The van der Waals surface area contributed by atoms with Crippen molar-refractivity contribution in [2.24, 2.45) is 5.73 Å². The molecule has 2 heterocycles. The summed E-state index contributed by atoms with van der Waals surface area (Å²) < 4.78 is 12.2. The number of ketones is 1. The molecule has 0 radical (unpaired) electrons. The third kappa shape index (κ3) is 4.44. The molecule has 1 aliphatic carbocycles. The van der Waals surface area contributed by atoms with Gasteiger partial charge in [-0.3, -0.25) is 9.69 Å². The lowest BCUT2D eigenvalue weighted by atomic mass is 9.77. The first-order valence-corrected chi connectivity index (χ1v) is 13.2. The first kappa shape index (κ1) is 25.6. The lowest BCUT2D eigenvalue weighted by Crippen LogP contribution is -2.39. The van der Waals surface area contributed by atoms with Gasteiger partial charge < -0.3 is 14.9 Å².